The van der Waals surface area contributed by atoms with Gasteiger partial charge in [0.2, 0.25) is 5.91 Å². The predicted molar refractivity (Wildman–Crippen MR) is 75.1 cm³/mol. The van der Waals surface area contributed by atoms with E-state index < -0.39 is 11.5 Å². The van der Waals surface area contributed by atoms with Crippen molar-refractivity contribution in [2.75, 3.05) is 13.1 Å². The van der Waals surface area contributed by atoms with Gasteiger partial charge < -0.3 is 15.7 Å². The molecule has 1 heterocycles. The number of amides is 2. The van der Waals surface area contributed by atoms with E-state index in [2.05, 4.69) is 0 Å². The van der Waals surface area contributed by atoms with E-state index in [4.69, 9.17) is 17.3 Å². The second-order valence-corrected chi connectivity index (χ2v) is 5.49. The minimum Gasteiger partial charge on any atom is -0.378 e. The van der Waals surface area contributed by atoms with Crippen LogP contribution in [-0.4, -0.2) is 40.5 Å². The van der Waals surface area contributed by atoms with E-state index in [1.54, 1.807) is 18.2 Å². The first-order valence-electron chi connectivity index (χ1n) is 6.46. The fourth-order valence-electron chi connectivity index (χ4n) is 2.37. The van der Waals surface area contributed by atoms with Crippen LogP contribution in [0.15, 0.2) is 24.3 Å². The summed E-state index contributed by atoms with van der Waals surface area (Å²) in [6.07, 6.45) is 0.987. The van der Waals surface area contributed by atoms with Gasteiger partial charge in [0.15, 0.2) is 5.60 Å². The molecule has 1 aromatic carbocycles. The Morgan fingerprint density at radius 3 is 2.75 bits per heavy atom. The number of carbonyl (C=O) groups excluding carboxylic acids is 2. The maximum Gasteiger partial charge on any atom is 0.251 e. The summed E-state index contributed by atoms with van der Waals surface area (Å²) in [6.45, 7) is 0.463. The van der Waals surface area contributed by atoms with Gasteiger partial charge >= 0.3 is 0 Å². The van der Waals surface area contributed by atoms with Crippen LogP contribution in [0.2, 0.25) is 5.02 Å². The number of likely N-dealkylation sites (tertiary alicyclic amines) is 1. The molecule has 0 spiro atoms. The predicted octanol–water partition coefficient (Wildman–Crippen LogP) is 0.721. The number of hydrogen-bond donors (Lipinski definition) is 2. The standard InChI is InChI=1S/C14H17ClN2O3/c15-11-5-2-1-4-10(11)8-12(18)17-7-3-6-14(20,9-17)13(16)19/h1-2,4-5,20H,3,6-9H2,(H2,16,19)/t14-/m0/s1. The molecule has 0 aromatic heterocycles. The number of nitrogens with two attached hydrogens (primary N) is 1. The SMILES string of the molecule is NC(=O)[C@]1(O)CCCN(C(=O)Cc2ccccc2Cl)C1. The zero-order valence-corrected chi connectivity index (χ0v) is 11.8. The van der Waals surface area contributed by atoms with Gasteiger partial charge in [0, 0.05) is 11.6 Å². The van der Waals surface area contributed by atoms with E-state index >= 15 is 0 Å². The second kappa shape index (κ2) is 5.81. The minimum atomic E-state index is -1.62. The highest BCUT2D eigenvalue weighted by Gasteiger charge is 2.40. The van der Waals surface area contributed by atoms with Gasteiger partial charge in [-0.25, -0.2) is 0 Å². The third-order valence-electron chi connectivity index (χ3n) is 3.58. The molecular weight excluding hydrogens is 280 g/mol. The largest absolute Gasteiger partial charge is 0.378 e. The molecule has 2 amide bonds. The van der Waals surface area contributed by atoms with Crippen molar-refractivity contribution in [3.63, 3.8) is 0 Å². The Morgan fingerprint density at radius 1 is 1.40 bits per heavy atom. The lowest BCUT2D eigenvalue weighted by atomic mass is 9.92. The van der Waals surface area contributed by atoms with Crippen LogP contribution in [0.1, 0.15) is 18.4 Å². The zero-order valence-electron chi connectivity index (χ0n) is 11.0. The van der Waals surface area contributed by atoms with Crippen LogP contribution in [-0.2, 0) is 16.0 Å². The third kappa shape index (κ3) is 3.11. The summed E-state index contributed by atoms with van der Waals surface area (Å²) in [5.74, 6) is -0.954. The van der Waals surface area contributed by atoms with Crippen molar-refractivity contribution in [2.45, 2.75) is 24.9 Å². The average Bonchev–Trinajstić information content (AvgIpc) is 2.41. The van der Waals surface area contributed by atoms with Crippen molar-refractivity contribution in [2.24, 2.45) is 5.73 Å². The van der Waals surface area contributed by atoms with E-state index in [1.807, 2.05) is 6.07 Å². The highest BCUT2D eigenvalue weighted by atomic mass is 35.5. The zero-order chi connectivity index (χ0) is 14.8. The van der Waals surface area contributed by atoms with Crippen molar-refractivity contribution in [1.29, 1.82) is 0 Å². The molecule has 1 atom stereocenters. The Bertz CT molecular complexity index is 535. The highest BCUT2D eigenvalue weighted by Crippen LogP contribution is 2.22. The summed E-state index contributed by atoms with van der Waals surface area (Å²) in [5, 5.41) is 10.6. The van der Waals surface area contributed by atoms with Gasteiger partial charge in [-0.2, -0.15) is 0 Å². The highest BCUT2D eigenvalue weighted by molar-refractivity contribution is 6.31. The molecule has 3 N–H and O–H groups in total. The van der Waals surface area contributed by atoms with Crippen LogP contribution in [0.5, 0.6) is 0 Å². The quantitative estimate of drug-likeness (QED) is 0.862. The number of benzene rings is 1. The average molecular weight is 297 g/mol. The van der Waals surface area contributed by atoms with Gasteiger partial charge in [-0.15, -0.1) is 0 Å². The summed E-state index contributed by atoms with van der Waals surface area (Å²) in [7, 11) is 0. The molecule has 0 unspecified atom stereocenters. The number of rotatable bonds is 3. The Hall–Kier alpha value is -1.59. The van der Waals surface area contributed by atoms with Crippen molar-refractivity contribution in [1.82, 2.24) is 4.90 Å². The fourth-order valence-corrected chi connectivity index (χ4v) is 2.57. The Kier molecular flexibility index (Phi) is 4.30. The molecule has 0 aliphatic carbocycles. The summed E-state index contributed by atoms with van der Waals surface area (Å²) in [5.41, 5.74) is 4.30. The first kappa shape index (κ1) is 14.8. The summed E-state index contributed by atoms with van der Waals surface area (Å²) in [4.78, 5) is 25.0. The number of carbonyl (C=O) groups is 2. The molecule has 0 bridgehead atoms. The minimum absolute atomic E-state index is 0.0500. The lowest BCUT2D eigenvalue weighted by molar-refractivity contribution is -0.148. The smallest absolute Gasteiger partial charge is 0.251 e. The van der Waals surface area contributed by atoms with Gasteiger partial charge in [0.25, 0.3) is 5.91 Å². The van der Waals surface area contributed by atoms with Crippen LogP contribution in [0.25, 0.3) is 0 Å². The van der Waals surface area contributed by atoms with Crippen LogP contribution in [0, 0.1) is 0 Å². The molecule has 0 saturated carbocycles. The van der Waals surface area contributed by atoms with E-state index in [1.165, 1.54) is 4.90 Å². The molecule has 5 nitrogen and oxygen atoms in total. The van der Waals surface area contributed by atoms with E-state index in [0.29, 0.717) is 18.0 Å². The van der Waals surface area contributed by atoms with Gasteiger partial charge in [0.05, 0.1) is 13.0 Å². The maximum atomic E-state index is 12.2. The van der Waals surface area contributed by atoms with E-state index in [-0.39, 0.29) is 25.3 Å². The van der Waals surface area contributed by atoms with Crippen LogP contribution >= 0.6 is 11.6 Å². The molecular formula is C14H17ClN2O3. The van der Waals surface area contributed by atoms with Crippen LogP contribution in [0.4, 0.5) is 0 Å². The maximum absolute atomic E-state index is 12.2. The molecule has 2 rings (SSSR count). The summed E-state index contributed by atoms with van der Waals surface area (Å²) < 4.78 is 0. The topological polar surface area (TPSA) is 83.6 Å². The van der Waals surface area contributed by atoms with Crippen LogP contribution in [0.3, 0.4) is 0 Å². The van der Waals surface area contributed by atoms with E-state index in [9.17, 15) is 14.7 Å². The van der Waals surface area contributed by atoms with Gasteiger partial charge in [0.1, 0.15) is 0 Å². The van der Waals surface area contributed by atoms with Gasteiger partial charge in [-0.05, 0) is 24.5 Å². The number of piperidine rings is 1. The van der Waals surface area contributed by atoms with E-state index in [0.717, 1.165) is 5.56 Å². The molecule has 108 valence electrons. The number of β-amino-alcohol motifs (C(OH)–C–C–N with tert-alkyl or cyclic N) is 1. The molecule has 1 saturated heterocycles. The van der Waals surface area contributed by atoms with Crippen molar-refractivity contribution in [3.05, 3.63) is 34.9 Å². The monoisotopic (exact) mass is 296 g/mol. The first-order valence-corrected chi connectivity index (χ1v) is 6.84. The first-order chi connectivity index (χ1) is 9.42. The lowest BCUT2D eigenvalue weighted by Gasteiger charge is -2.37. The Morgan fingerprint density at radius 2 is 2.10 bits per heavy atom. The van der Waals surface area contributed by atoms with Gasteiger partial charge in [-0.1, -0.05) is 29.8 Å². The molecule has 1 aliphatic rings. The second-order valence-electron chi connectivity index (χ2n) is 5.08. The van der Waals surface area contributed by atoms with Crippen molar-refractivity contribution >= 4 is 23.4 Å². The Labute approximate surface area is 122 Å². The summed E-state index contributed by atoms with van der Waals surface area (Å²) >= 11 is 6.02. The fraction of sp³-hybridized carbons (Fsp3) is 0.429. The molecule has 1 fully saturated rings. The normalized spacial score (nSPS) is 22.6. The summed E-state index contributed by atoms with van der Waals surface area (Å²) in [6, 6.07) is 7.11. The molecule has 20 heavy (non-hydrogen) atoms. The number of aliphatic hydroxyl groups is 1. The Balaban J connectivity index is 2.06. The molecule has 1 aromatic rings. The number of halogens is 1. The number of primary amides is 1. The lowest BCUT2D eigenvalue weighted by Crippen LogP contribution is -2.57. The van der Waals surface area contributed by atoms with Crippen molar-refractivity contribution in [3.8, 4) is 0 Å². The van der Waals surface area contributed by atoms with Gasteiger partial charge in [-0.3, -0.25) is 9.59 Å². The molecule has 1 aliphatic heterocycles. The molecule has 6 heteroatoms. The number of hydrogen-bond acceptors (Lipinski definition) is 3. The molecule has 0 radical (unpaired) electrons. The third-order valence-corrected chi connectivity index (χ3v) is 3.95. The number of nitrogens with zero attached hydrogens (tertiary/aromatic N) is 1. The van der Waals surface area contributed by atoms with Crippen LogP contribution < -0.4 is 5.73 Å². The van der Waals surface area contributed by atoms with Crippen molar-refractivity contribution < 1.29 is 14.7 Å².